The number of hydrogen-bond donors (Lipinski definition) is 0. The smallest absolute Gasteiger partial charge is 0.426 e. The summed E-state index contributed by atoms with van der Waals surface area (Å²) < 4.78 is 68.7. The Morgan fingerprint density at radius 2 is 2.05 bits per heavy atom. The minimum Gasteiger partial charge on any atom is -0.462 e. The van der Waals surface area contributed by atoms with Gasteiger partial charge >= 0.3 is 12.1 Å². The molecule has 0 fully saturated rings. The second kappa shape index (κ2) is 6.19. The highest BCUT2D eigenvalue weighted by Gasteiger charge is 2.56. The standard InChI is InChI=1S/C13H11F5O3/c1-2-11(20)21-6-4-10(19)8-3-5-12(15,7-9(8)14)13(16,17)18/h2-3,5H,1,4,6-7H2. The van der Waals surface area contributed by atoms with Crippen LogP contribution in [0.2, 0.25) is 0 Å². The zero-order valence-corrected chi connectivity index (χ0v) is 10.7. The number of allylic oxidation sites excluding steroid dienone is 4. The molecule has 116 valence electrons. The van der Waals surface area contributed by atoms with E-state index in [9.17, 15) is 31.5 Å². The van der Waals surface area contributed by atoms with Gasteiger partial charge in [-0.05, 0) is 12.2 Å². The molecule has 0 heterocycles. The van der Waals surface area contributed by atoms with Crippen LogP contribution in [0.1, 0.15) is 12.8 Å². The molecule has 0 saturated heterocycles. The molecule has 0 aromatic rings. The summed E-state index contributed by atoms with van der Waals surface area (Å²) in [6.07, 6.45) is -5.86. The molecule has 8 heteroatoms. The van der Waals surface area contributed by atoms with Crippen LogP contribution in [0.25, 0.3) is 0 Å². The Morgan fingerprint density at radius 3 is 2.52 bits per heavy atom. The molecule has 0 aromatic carbocycles. The van der Waals surface area contributed by atoms with Crippen LogP contribution in [0.15, 0.2) is 36.2 Å². The third-order valence-corrected chi connectivity index (χ3v) is 2.73. The van der Waals surface area contributed by atoms with Crippen molar-refractivity contribution in [2.75, 3.05) is 6.61 Å². The normalized spacial score (nSPS) is 22.1. The zero-order valence-electron chi connectivity index (χ0n) is 10.7. The van der Waals surface area contributed by atoms with E-state index in [-0.39, 0.29) is 12.7 Å². The minimum atomic E-state index is -5.27. The molecule has 1 atom stereocenters. The summed E-state index contributed by atoms with van der Waals surface area (Å²) in [6.45, 7) is 2.73. The Balaban J connectivity index is 2.72. The van der Waals surface area contributed by atoms with Crippen LogP contribution in [0.5, 0.6) is 0 Å². The van der Waals surface area contributed by atoms with Crippen molar-refractivity contribution < 1.29 is 36.3 Å². The molecule has 0 bridgehead atoms. The fraction of sp³-hybridized carbons (Fsp3) is 0.385. The zero-order chi connectivity index (χ0) is 16.3. The van der Waals surface area contributed by atoms with E-state index in [0.29, 0.717) is 6.08 Å². The molecule has 0 amide bonds. The van der Waals surface area contributed by atoms with Gasteiger partial charge in [0.25, 0.3) is 0 Å². The molecule has 0 aliphatic heterocycles. The van der Waals surface area contributed by atoms with Crippen LogP contribution in [-0.2, 0) is 14.3 Å². The Kier molecular flexibility index (Phi) is 5.03. The Labute approximate surface area is 116 Å². The number of Topliss-reactive ketones (excluding diaryl/α,β-unsaturated/α-hetero) is 1. The van der Waals surface area contributed by atoms with E-state index in [1.54, 1.807) is 0 Å². The summed E-state index contributed by atoms with van der Waals surface area (Å²) in [5, 5.41) is 0. The van der Waals surface area contributed by atoms with Gasteiger partial charge in [-0.25, -0.2) is 13.6 Å². The van der Waals surface area contributed by atoms with E-state index in [1.165, 1.54) is 0 Å². The van der Waals surface area contributed by atoms with E-state index in [2.05, 4.69) is 11.3 Å². The van der Waals surface area contributed by atoms with Crippen molar-refractivity contribution in [3.63, 3.8) is 0 Å². The van der Waals surface area contributed by atoms with Gasteiger partial charge in [-0.15, -0.1) is 0 Å². The van der Waals surface area contributed by atoms with Gasteiger partial charge in [-0.2, -0.15) is 13.2 Å². The molecule has 0 aromatic heterocycles. The lowest BCUT2D eigenvalue weighted by molar-refractivity contribution is -0.212. The van der Waals surface area contributed by atoms with Crippen molar-refractivity contribution in [3.8, 4) is 0 Å². The largest absolute Gasteiger partial charge is 0.462 e. The fourth-order valence-electron chi connectivity index (χ4n) is 1.56. The second-order valence-electron chi connectivity index (χ2n) is 4.23. The van der Waals surface area contributed by atoms with Gasteiger partial charge in [-0.1, -0.05) is 6.58 Å². The lowest BCUT2D eigenvalue weighted by Gasteiger charge is -2.27. The molecule has 0 N–H and O–H groups in total. The first-order valence-electron chi connectivity index (χ1n) is 5.76. The highest BCUT2D eigenvalue weighted by atomic mass is 19.4. The molecule has 0 radical (unpaired) electrons. The molecule has 3 nitrogen and oxygen atoms in total. The summed E-state index contributed by atoms with van der Waals surface area (Å²) in [5.74, 6) is -3.17. The number of hydrogen-bond acceptors (Lipinski definition) is 3. The number of esters is 1. The van der Waals surface area contributed by atoms with Gasteiger partial charge in [0.05, 0.1) is 6.61 Å². The first kappa shape index (κ1) is 17.1. The third kappa shape index (κ3) is 3.99. The molecule has 0 saturated carbocycles. The number of halogens is 5. The third-order valence-electron chi connectivity index (χ3n) is 2.73. The van der Waals surface area contributed by atoms with Crippen LogP contribution >= 0.6 is 0 Å². The summed E-state index contributed by atoms with van der Waals surface area (Å²) in [6, 6.07) is 0. The molecule has 1 aliphatic carbocycles. The average molecular weight is 310 g/mol. The van der Waals surface area contributed by atoms with Gasteiger partial charge in [0.2, 0.25) is 5.67 Å². The minimum absolute atomic E-state index is 0.110. The van der Waals surface area contributed by atoms with E-state index in [4.69, 9.17) is 0 Å². The lowest BCUT2D eigenvalue weighted by Crippen LogP contribution is -2.40. The van der Waals surface area contributed by atoms with Crippen molar-refractivity contribution >= 4 is 11.8 Å². The second-order valence-corrected chi connectivity index (χ2v) is 4.23. The van der Waals surface area contributed by atoms with Gasteiger partial charge < -0.3 is 4.74 Å². The van der Waals surface area contributed by atoms with Gasteiger partial charge in [-0.3, -0.25) is 4.79 Å². The van der Waals surface area contributed by atoms with Crippen molar-refractivity contribution in [2.24, 2.45) is 0 Å². The number of rotatable bonds is 5. The van der Waals surface area contributed by atoms with Crippen LogP contribution in [0.3, 0.4) is 0 Å². The summed E-state index contributed by atoms with van der Waals surface area (Å²) >= 11 is 0. The first-order chi connectivity index (χ1) is 9.60. The predicted molar refractivity (Wildman–Crippen MR) is 62.6 cm³/mol. The topological polar surface area (TPSA) is 43.4 Å². The maximum Gasteiger partial charge on any atom is 0.426 e. The number of ether oxygens (including phenoxy) is 1. The first-order valence-corrected chi connectivity index (χ1v) is 5.76. The predicted octanol–water partition coefficient (Wildman–Crippen LogP) is 3.13. The number of carbonyl (C=O) groups excluding carboxylic acids is 2. The van der Waals surface area contributed by atoms with Crippen molar-refractivity contribution in [2.45, 2.75) is 24.7 Å². The van der Waals surface area contributed by atoms with Crippen molar-refractivity contribution in [1.82, 2.24) is 0 Å². The summed E-state index contributed by atoms with van der Waals surface area (Å²) in [7, 11) is 0. The maximum absolute atomic E-state index is 13.5. The number of ketones is 1. The van der Waals surface area contributed by atoms with Crippen LogP contribution in [0, 0.1) is 0 Å². The molecule has 1 aliphatic rings. The van der Waals surface area contributed by atoms with Crippen molar-refractivity contribution in [3.05, 3.63) is 36.2 Å². The quantitative estimate of drug-likeness (QED) is 0.445. The highest BCUT2D eigenvalue weighted by molar-refractivity contribution is 5.99. The Hall–Kier alpha value is -1.99. The van der Waals surface area contributed by atoms with Crippen molar-refractivity contribution in [1.29, 1.82) is 0 Å². The Morgan fingerprint density at radius 1 is 1.43 bits per heavy atom. The summed E-state index contributed by atoms with van der Waals surface area (Å²) in [4.78, 5) is 22.3. The maximum atomic E-state index is 13.5. The van der Waals surface area contributed by atoms with Crippen LogP contribution < -0.4 is 0 Å². The molecular formula is C13H11F5O3. The molecule has 21 heavy (non-hydrogen) atoms. The SMILES string of the molecule is C=CC(=O)OCCC(=O)C1=C(F)CC(F)(C(F)(F)F)C=C1. The van der Waals surface area contributed by atoms with Gasteiger partial charge in [0.1, 0.15) is 5.83 Å². The highest BCUT2D eigenvalue weighted by Crippen LogP contribution is 2.43. The Bertz CT molecular complexity index is 518. The van der Waals surface area contributed by atoms with E-state index >= 15 is 0 Å². The van der Waals surface area contributed by atoms with Gasteiger partial charge in [0, 0.05) is 24.5 Å². The van der Waals surface area contributed by atoms with Crippen LogP contribution in [-0.4, -0.2) is 30.2 Å². The van der Waals surface area contributed by atoms with Gasteiger partial charge in [0.15, 0.2) is 5.78 Å². The van der Waals surface area contributed by atoms with E-state index < -0.39 is 47.8 Å². The monoisotopic (exact) mass is 310 g/mol. The molecular weight excluding hydrogens is 299 g/mol. The molecule has 0 spiro atoms. The summed E-state index contributed by atoms with van der Waals surface area (Å²) in [5.41, 5.74) is -4.47. The van der Waals surface area contributed by atoms with E-state index in [0.717, 1.165) is 6.08 Å². The lowest BCUT2D eigenvalue weighted by atomic mass is 9.90. The average Bonchev–Trinajstić information content (AvgIpc) is 2.37. The fourth-order valence-corrected chi connectivity index (χ4v) is 1.56. The van der Waals surface area contributed by atoms with Crippen LogP contribution in [0.4, 0.5) is 22.0 Å². The molecule has 1 rings (SSSR count). The number of alkyl halides is 4. The molecule has 1 unspecified atom stereocenters. The van der Waals surface area contributed by atoms with E-state index in [1.807, 2.05) is 0 Å². The number of carbonyl (C=O) groups is 2.